The standard InChI is InChI=1S/C14H16ClN5/c1-7(2)19-13-10(9-5-18-20-8(9)3)4-16-14-12(13)11(15)6-17-14/h4-7H,1-3H3,(H,18,20)(H2,16,17,19). The zero-order valence-corrected chi connectivity index (χ0v) is 12.3. The molecule has 3 aromatic heterocycles. The molecule has 0 spiro atoms. The van der Waals surface area contributed by atoms with Crippen molar-refractivity contribution in [1.82, 2.24) is 20.2 Å². The highest BCUT2D eigenvalue weighted by Gasteiger charge is 2.17. The molecular formula is C14H16ClN5. The lowest BCUT2D eigenvalue weighted by Crippen LogP contribution is -2.11. The van der Waals surface area contributed by atoms with E-state index in [1.165, 1.54) is 0 Å². The number of nitrogens with one attached hydrogen (secondary N) is 3. The van der Waals surface area contributed by atoms with Crippen LogP contribution in [0.3, 0.4) is 0 Å². The molecule has 0 saturated carbocycles. The van der Waals surface area contributed by atoms with Crippen LogP contribution < -0.4 is 5.32 Å². The number of anilines is 1. The number of fused-ring (bicyclic) bond motifs is 1. The maximum absolute atomic E-state index is 6.30. The molecule has 0 saturated heterocycles. The van der Waals surface area contributed by atoms with Gasteiger partial charge in [0, 0.05) is 35.3 Å². The van der Waals surface area contributed by atoms with Crippen LogP contribution in [0.1, 0.15) is 19.5 Å². The Morgan fingerprint density at radius 1 is 1.25 bits per heavy atom. The number of H-pyrrole nitrogens is 2. The van der Waals surface area contributed by atoms with Crippen molar-refractivity contribution in [3.63, 3.8) is 0 Å². The molecule has 0 aromatic carbocycles. The fourth-order valence-corrected chi connectivity index (χ4v) is 2.56. The molecule has 0 atom stereocenters. The molecule has 0 aliphatic heterocycles. The van der Waals surface area contributed by atoms with Gasteiger partial charge in [-0.3, -0.25) is 5.10 Å². The number of pyridine rings is 1. The van der Waals surface area contributed by atoms with Gasteiger partial charge < -0.3 is 10.3 Å². The van der Waals surface area contributed by atoms with Gasteiger partial charge in [-0.2, -0.15) is 5.10 Å². The van der Waals surface area contributed by atoms with Crippen LogP contribution in [0, 0.1) is 6.92 Å². The number of hydrogen-bond donors (Lipinski definition) is 3. The third kappa shape index (κ3) is 2.04. The number of halogens is 1. The van der Waals surface area contributed by atoms with Crippen LogP contribution in [-0.4, -0.2) is 26.2 Å². The SMILES string of the molecule is Cc1[nH]ncc1-c1cnc2[nH]cc(Cl)c2c1NC(C)C. The average molecular weight is 290 g/mol. The summed E-state index contributed by atoms with van der Waals surface area (Å²) in [5.41, 5.74) is 4.80. The van der Waals surface area contributed by atoms with Crippen LogP contribution in [0.4, 0.5) is 5.69 Å². The van der Waals surface area contributed by atoms with Gasteiger partial charge in [-0.1, -0.05) is 11.6 Å². The Hall–Kier alpha value is -2.01. The molecule has 3 N–H and O–H groups in total. The first-order chi connectivity index (χ1) is 9.58. The van der Waals surface area contributed by atoms with Gasteiger partial charge in [-0.05, 0) is 20.8 Å². The summed E-state index contributed by atoms with van der Waals surface area (Å²) in [6, 6.07) is 0.289. The maximum atomic E-state index is 6.30. The van der Waals surface area contributed by atoms with Crippen LogP contribution in [0.2, 0.25) is 5.02 Å². The molecule has 3 rings (SSSR count). The van der Waals surface area contributed by atoms with Crippen molar-refractivity contribution >= 4 is 28.3 Å². The largest absolute Gasteiger partial charge is 0.382 e. The summed E-state index contributed by atoms with van der Waals surface area (Å²) in [5, 5.41) is 12.1. The van der Waals surface area contributed by atoms with Crippen molar-refractivity contribution in [1.29, 1.82) is 0 Å². The molecule has 0 radical (unpaired) electrons. The lowest BCUT2D eigenvalue weighted by atomic mass is 10.0. The normalized spacial score (nSPS) is 11.4. The molecule has 0 aliphatic rings. The minimum Gasteiger partial charge on any atom is -0.382 e. The Morgan fingerprint density at radius 2 is 2.05 bits per heavy atom. The number of aryl methyl sites for hydroxylation is 1. The predicted octanol–water partition coefficient (Wildman–Crippen LogP) is 3.74. The van der Waals surface area contributed by atoms with E-state index in [2.05, 4.69) is 39.3 Å². The fourth-order valence-electron chi connectivity index (χ4n) is 2.32. The van der Waals surface area contributed by atoms with E-state index in [9.17, 15) is 0 Å². The average Bonchev–Trinajstić information content (AvgIpc) is 2.96. The second kappa shape index (κ2) is 4.83. The highest BCUT2D eigenvalue weighted by atomic mass is 35.5. The van der Waals surface area contributed by atoms with Gasteiger partial charge >= 0.3 is 0 Å². The maximum Gasteiger partial charge on any atom is 0.140 e. The lowest BCUT2D eigenvalue weighted by molar-refractivity contribution is 0.902. The Labute approximate surface area is 121 Å². The first-order valence-corrected chi connectivity index (χ1v) is 6.88. The van der Waals surface area contributed by atoms with Crippen LogP contribution in [0.15, 0.2) is 18.6 Å². The fraction of sp³-hybridized carbons (Fsp3) is 0.286. The summed E-state index contributed by atoms with van der Waals surface area (Å²) in [5.74, 6) is 0. The molecule has 5 nitrogen and oxygen atoms in total. The van der Waals surface area contributed by atoms with Crippen molar-refractivity contribution in [3.8, 4) is 11.1 Å². The van der Waals surface area contributed by atoms with E-state index < -0.39 is 0 Å². The van der Waals surface area contributed by atoms with Gasteiger partial charge in [-0.25, -0.2) is 4.98 Å². The Morgan fingerprint density at radius 3 is 2.70 bits per heavy atom. The minimum absolute atomic E-state index is 0.289. The van der Waals surface area contributed by atoms with E-state index >= 15 is 0 Å². The Kier molecular flexibility index (Phi) is 3.14. The van der Waals surface area contributed by atoms with Crippen molar-refractivity contribution in [2.24, 2.45) is 0 Å². The van der Waals surface area contributed by atoms with Crippen molar-refractivity contribution in [2.75, 3.05) is 5.32 Å². The van der Waals surface area contributed by atoms with Crippen LogP contribution >= 0.6 is 11.6 Å². The molecule has 0 bridgehead atoms. The molecule has 104 valence electrons. The van der Waals surface area contributed by atoms with E-state index in [0.29, 0.717) is 5.02 Å². The highest BCUT2D eigenvalue weighted by Crippen LogP contribution is 2.38. The summed E-state index contributed by atoms with van der Waals surface area (Å²) >= 11 is 6.30. The number of rotatable bonds is 3. The second-order valence-corrected chi connectivity index (χ2v) is 5.52. The van der Waals surface area contributed by atoms with E-state index in [1.807, 2.05) is 19.3 Å². The van der Waals surface area contributed by atoms with Crippen LogP contribution in [0.25, 0.3) is 22.2 Å². The molecule has 6 heteroatoms. The van der Waals surface area contributed by atoms with Gasteiger partial charge in [-0.15, -0.1) is 0 Å². The van der Waals surface area contributed by atoms with E-state index in [-0.39, 0.29) is 6.04 Å². The predicted molar refractivity (Wildman–Crippen MR) is 82.2 cm³/mol. The Bertz CT molecular complexity index is 756. The van der Waals surface area contributed by atoms with Crippen molar-refractivity contribution in [2.45, 2.75) is 26.8 Å². The quantitative estimate of drug-likeness (QED) is 0.688. The van der Waals surface area contributed by atoms with Gasteiger partial charge in [0.2, 0.25) is 0 Å². The smallest absolute Gasteiger partial charge is 0.140 e. The molecule has 0 unspecified atom stereocenters. The topological polar surface area (TPSA) is 69.4 Å². The second-order valence-electron chi connectivity index (χ2n) is 5.11. The minimum atomic E-state index is 0.289. The zero-order chi connectivity index (χ0) is 14.3. The molecular weight excluding hydrogens is 274 g/mol. The first kappa shape index (κ1) is 13.0. The summed E-state index contributed by atoms with van der Waals surface area (Å²) < 4.78 is 0. The Balaban J connectivity index is 2.31. The summed E-state index contributed by atoms with van der Waals surface area (Å²) in [4.78, 5) is 7.53. The van der Waals surface area contributed by atoms with E-state index in [0.717, 1.165) is 33.5 Å². The number of aromatic nitrogens is 4. The third-order valence-corrected chi connectivity index (χ3v) is 3.50. The molecule has 3 aromatic rings. The molecule has 20 heavy (non-hydrogen) atoms. The van der Waals surface area contributed by atoms with Gasteiger partial charge in [0.1, 0.15) is 5.65 Å². The molecule has 0 fully saturated rings. The summed E-state index contributed by atoms with van der Waals surface area (Å²) in [6.07, 6.45) is 5.42. The summed E-state index contributed by atoms with van der Waals surface area (Å²) in [7, 11) is 0. The van der Waals surface area contributed by atoms with Gasteiger partial charge in [0.25, 0.3) is 0 Å². The van der Waals surface area contributed by atoms with Crippen LogP contribution in [0.5, 0.6) is 0 Å². The van der Waals surface area contributed by atoms with E-state index in [4.69, 9.17) is 11.6 Å². The number of hydrogen-bond acceptors (Lipinski definition) is 3. The zero-order valence-electron chi connectivity index (χ0n) is 11.6. The van der Waals surface area contributed by atoms with Crippen molar-refractivity contribution < 1.29 is 0 Å². The van der Waals surface area contributed by atoms with E-state index in [1.54, 1.807) is 6.20 Å². The molecule has 0 amide bonds. The summed E-state index contributed by atoms with van der Waals surface area (Å²) in [6.45, 7) is 6.18. The van der Waals surface area contributed by atoms with Gasteiger partial charge in [0.15, 0.2) is 0 Å². The number of aromatic amines is 2. The van der Waals surface area contributed by atoms with Crippen molar-refractivity contribution in [3.05, 3.63) is 29.3 Å². The van der Waals surface area contributed by atoms with Crippen LogP contribution in [-0.2, 0) is 0 Å². The number of nitrogens with zero attached hydrogens (tertiary/aromatic N) is 2. The molecule has 3 heterocycles. The third-order valence-electron chi connectivity index (χ3n) is 3.21. The lowest BCUT2D eigenvalue weighted by Gasteiger charge is -2.16. The van der Waals surface area contributed by atoms with Gasteiger partial charge in [0.05, 0.1) is 22.3 Å². The molecule has 0 aliphatic carbocycles. The first-order valence-electron chi connectivity index (χ1n) is 6.50. The monoisotopic (exact) mass is 289 g/mol. The highest BCUT2D eigenvalue weighted by molar-refractivity contribution is 6.36.